The summed E-state index contributed by atoms with van der Waals surface area (Å²) < 4.78 is 1.45. The van der Waals surface area contributed by atoms with Crippen molar-refractivity contribution < 1.29 is 19.5 Å². The van der Waals surface area contributed by atoms with Crippen molar-refractivity contribution in [3.63, 3.8) is 0 Å². The largest absolute Gasteiger partial charge is 0.478 e. The molecule has 0 unspecified atom stereocenters. The van der Waals surface area contributed by atoms with E-state index in [0.29, 0.717) is 47.5 Å². The zero-order chi connectivity index (χ0) is 31.5. The lowest BCUT2D eigenvalue weighted by Gasteiger charge is -2.29. The number of fused-ring (bicyclic) bond motifs is 1. The molecule has 0 saturated heterocycles. The summed E-state index contributed by atoms with van der Waals surface area (Å²) in [5.74, 6) is -1.87. The lowest BCUT2D eigenvalue weighted by Crippen LogP contribution is -2.36. The molecule has 8 nitrogen and oxygen atoms in total. The van der Waals surface area contributed by atoms with Crippen molar-refractivity contribution in [3.8, 4) is 5.69 Å². The summed E-state index contributed by atoms with van der Waals surface area (Å²) in [5.41, 5.74) is 3.97. The van der Waals surface area contributed by atoms with Crippen LogP contribution in [0.15, 0.2) is 60.7 Å². The van der Waals surface area contributed by atoms with Crippen LogP contribution in [0, 0.1) is 6.92 Å². The molecule has 0 bridgehead atoms. The maximum absolute atomic E-state index is 14.0. The van der Waals surface area contributed by atoms with Gasteiger partial charge >= 0.3 is 5.97 Å². The summed E-state index contributed by atoms with van der Waals surface area (Å²) in [7, 11) is 0. The van der Waals surface area contributed by atoms with Crippen LogP contribution in [0.5, 0.6) is 0 Å². The van der Waals surface area contributed by atoms with E-state index in [1.54, 1.807) is 28.9 Å². The molecule has 1 N–H and O–H groups in total. The van der Waals surface area contributed by atoms with Gasteiger partial charge in [0.05, 0.1) is 37.6 Å². The molecule has 2 heterocycles. The molecule has 1 aromatic heterocycles. The Bertz CT molecular complexity index is 1750. The fourth-order valence-electron chi connectivity index (χ4n) is 5.33. The number of carboxylic acids is 1. The molecule has 11 heteroatoms. The van der Waals surface area contributed by atoms with E-state index in [4.69, 9.17) is 34.8 Å². The second-order valence-corrected chi connectivity index (χ2v) is 12.0. The molecule has 44 heavy (non-hydrogen) atoms. The molecule has 2 amide bonds. The summed E-state index contributed by atoms with van der Waals surface area (Å²) in [4.78, 5) is 43.1. The first kappa shape index (κ1) is 31.6. The van der Waals surface area contributed by atoms with Crippen LogP contribution in [0.1, 0.15) is 73.4 Å². The van der Waals surface area contributed by atoms with E-state index < -0.39 is 5.97 Å². The van der Waals surface area contributed by atoms with Gasteiger partial charge in [0.2, 0.25) is 0 Å². The van der Waals surface area contributed by atoms with Crippen molar-refractivity contribution in [2.45, 2.75) is 46.2 Å². The highest BCUT2D eigenvalue weighted by Crippen LogP contribution is 2.30. The van der Waals surface area contributed by atoms with E-state index in [9.17, 15) is 19.5 Å². The molecule has 0 aliphatic carbocycles. The van der Waals surface area contributed by atoms with Crippen molar-refractivity contribution in [2.24, 2.45) is 0 Å². The molecule has 5 rings (SSSR count). The van der Waals surface area contributed by atoms with E-state index in [1.165, 1.54) is 28.4 Å². The van der Waals surface area contributed by atoms with E-state index in [-0.39, 0.29) is 40.2 Å². The van der Waals surface area contributed by atoms with Crippen LogP contribution in [0.25, 0.3) is 5.69 Å². The van der Waals surface area contributed by atoms with Crippen molar-refractivity contribution >= 4 is 52.6 Å². The number of aromatic nitrogens is 2. The monoisotopic (exact) mass is 652 g/mol. The number of benzene rings is 3. The number of amides is 2. The predicted molar refractivity (Wildman–Crippen MR) is 171 cm³/mol. The van der Waals surface area contributed by atoms with Crippen LogP contribution in [0.2, 0.25) is 15.1 Å². The fourth-order valence-corrected chi connectivity index (χ4v) is 5.85. The molecule has 0 fully saturated rings. The summed E-state index contributed by atoms with van der Waals surface area (Å²) in [5, 5.41) is 15.3. The summed E-state index contributed by atoms with van der Waals surface area (Å²) in [6.45, 7) is 5.36. The van der Waals surface area contributed by atoms with Gasteiger partial charge in [0, 0.05) is 26.2 Å². The smallest absolute Gasteiger partial charge is 0.335 e. The lowest BCUT2D eigenvalue weighted by molar-refractivity contribution is 0.0695. The molecule has 1 aliphatic heterocycles. The minimum Gasteiger partial charge on any atom is -0.478 e. The van der Waals surface area contributed by atoms with Gasteiger partial charge in [-0.3, -0.25) is 9.59 Å². The van der Waals surface area contributed by atoms with Crippen LogP contribution in [0.4, 0.5) is 0 Å². The lowest BCUT2D eigenvalue weighted by atomic mass is 9.98. The topological polar surface area (TPSA) is 95.7 Å². The van der Waals surface area contributed by atoms with Gasteiger partial charge in [-0.1, -0.05) is 78.5 Å². The molecule has 3 aromatic carbocycles. The Morgan fingerprint density at radius 3 is 2.43 bits per heavy atom. The van der Waals surface area contributed by atoms with Crippen LogP contribution in [-0.4, -0.2) is 55.6 Å². The molecular formula is C33H31Cl3N4O4. The number of halogens is 3. The number of aromatic carboxylic acids is 1. The first-order chi connectivity index (χ1) is 21.1. The van der Waals surface area contributed by atoms with Gasteiger partial charge in [0.25, 0.3) is 11.8 Å². The Labute approximate surface area is 270 Å². The van der Waals surface area contributed by atoms with Crippen molar-refractivity contribution in [3.05, 3.63) is 115 Å². The Morgan fingerprint density at radius 1 is 0.977 bits per heavy atom. The van der Waals surface area contributed by atoms with Gasteiger partial charge in [-0.2, -0.15) is 5.10 Å². The Kier molecular flexibility index (Phi) is 9.63. The molecule has 0 atom stereocenters. The van der Waals surface area contributed by atoms with Crippen LogP contribution in [0.3, 0.4) is 0 Å². The number of carbonyl (C=O) groups is 3. The second kappa shape index (κ2) is 13.4. The van der Waals surface area contributed by atoms with Crippen molar-refractivity contribution in [1.29, 1.82) is 0 Å². The summed E-state index contributed by atoms with van der Waals surface area (Å²) in [6, 6.07) is 17.5. The van der Waals surface area contributed by atoms with E-state index in [0.717, 1.165) is 24.0 Å². The summed E-state index contributed by atoms with van der Waals surface area (Å²) in [6.07, 6.45) is 2.32. The average molecular weight is 654 g/mol. The predicted octanol–water partition coefficient (Wildman–Crippen LogP) is 7.48. The van der Waals surface area contributed by atoms with Crippen LogP contribution in [-0.2, 0) is 19.5 Å². The van der Waals surface area contributed by atoms with Gasteiger partial charge in [-0.15, -0.1) is 0 Å². The van der Waals surface area contributed by atoms with Gasteiger partial charge in [-0.25, -0.2) is 9.48 Å². The Morgan fingerprint density at radius 2 is 1.73 bits per heavy atom. The Balaban J connectivity index is 1.52. The number of hydrogen-bond donors (Lipinski definition) is 1. The number of carbonyl (C=O) groups excluding carboxylic acids is 2. The van der Waals surface area contributed by atoms with E-state index in [1.807, 2.05) is 37.3 Å². The minimum atomic E-state index is -1.16. The molecule has 0 spiro atoms. The molecule has 0 saturated carbocycles. The highest BCUT2D eigenvalue weighted by Gasteiger charge is 2.29. The molecule has 0 radical (unpaired) electrons. The third-order valence-corrected chi connectivity index (χ3v) is 8.98. The third-order valence-electron chi connectivity index (χ3n) is 7.79. The highest BCUT2D eigenvalue weighted by molar-refractivity contribution is 6.42. The zero-order valence-electron chi connectivity index (χ0n) is 24.3. The average Bonchev–Trinajstić information content (AvgIpc) is 3.32. The standard InChI is InChI=1S/C33H31Cl3N4O4/c1-3-4-14-38(18-21-9-11-26(34)27(35)16-21)32(42)30-29(36)20(2)40(37-30)28-12-10-23(33(43)44)17-25(28)31(41)39-15-13-22-7-5-6-8-24(22)19-39/h5-12,16-17H,3-4,13-15,18-19H2,1-2H3,(H,43,44). The number of rotatable bonds is 9. The second-order valence-electron chi connectivity index (χ2n) is 10.8. The number of nitrogens with zero attached hydrogens (tertiary/aromatic N) is 4. The SMILES string of the molecule is CCCCN(Cc1ccc(Cl)c(Cl)c1)C(=O)c1nn(-c2ccc(C(=O)O)cc2C(=O)N2CCc3ccccc3C2)c(C)c1Cl. The first-order valence-electron chi connectivity index (χ1n) is 14.3. The molecule has 1 aliphatic rings. The molecule has 4 aromatic rings. The fraction of sp³-hybridized carbons (Fsp3) is 0.273. The van der Waals surface area contributed by atoms with Crippen LogP contribution < -0.4 is 0 Å². The minimum absolute atomic E-state index is 0.0333. The van der Waals surface area contributed by atoms with Gasteiger partial charge in [0.15, 0.2) is 5.69 Å². The van der Waals surface area contributed by atoms with Gasteiger partial charge in [0.1, 0.15) is 0 Å². The number of carboxylic acid groups (broad SMARTS) is 1. The van der Waals surface area contributed by atoms with Crippen molar-refractivity contribution in [1.82, 2.24) is 19.6 Å². The Hall–Kier alpha value is -3.85. The molecular weight excluding hydrogens is 623 g/mol. The van der Waals surface area contributed by atoms with E-state index in [2.05, 4.69) is 5.10 Å². The number of hydrogen-bond acceptors (Lipinski definition) is 4. The number of unbranched alkanes of at least 4 members (excludes halogenated alkanes) is 1. The van der Waals surface area contributed by atoms with Gasteiger partial charge in [-0.05, 0) is 66.8 Å². The zero-order valence-corrected chi connectivity index (χ0v) is 26.6. The van der Waals surface area contributed by atoms with Crippen LogP contribution >= 0.6 is 34.8 Å². The third kappa shape index (κ3) is 6.48. The normalized spacial score (nSPS) is 12.6. The highest BCUT2D eigenvalue weighted by atomic mass is 35.5. The quantitative estimate of drug-likeness (QED) is 0.202. The molecule has 228 valence electrons. The van der Waals surface area contributed by atoms with Crippen molar-refractivity contribution in [2.75, 3.05) is 13.1 Å². The van der Waals surface area contributed by atoms with Gasteiger partial charge < -0.3 is 14.9 Å². The summed E-state index contributed by atoms with van der Waals surface area (Å²) >= 11 is 19.1. The maximum atomic E-state index is 14.0. The first-order valence-corrected chi connectivity index (χ1v) is 15.4. The maximum Gasteiger partial charge on any atom is 0.335 e. The van der Waals surface area contributed by atoms with E-state index >= 15 is 0 Å².